The van der Waals surface area contributed by atoms with Gasteiger partial charge in [-0.05, 0) is 29.8 Å². The van der Waals surface area contributed by atoms with Crippen LogP contribution in [0.1, 0.15) is 11.3 Å². The second-order valence-electron chi connectivity index (χ2n) is 6.27. The molecule has 148 valence electrons. The monoisotopic (exact) mass is 385 g/mol. The molecule has 2 heterocycles. The van der Waals surface area contributed by atoms with Crippen molar-refractivity contribution in [3.8, 4) is 11.5 Å². The number of nitrogens with one attached hydrogen (secondary N) is 1. The number of cyclic esters (lactones) is 1. The summed E-state index contributed by atoms with van der Waals surface area (Å²) in [5.74, 6) is 0.908. The van der Waals surface area contributed by atoms with E-state index in [0.717, 1.165) is 11.3 Å². The van der Waals surface area contributed by atoms with Gasteiger partial charge in [-0.25, -0.2) is 4.79 Å². The first-order valence-electron chi connectivity index (χ1n) is 8.94. The molecular formula is C20H23N3O5. The molecule has 0 saturated carbocycles. The van der Waals surface area contributed by atoms with Gasteiger partial charge in [0.1, 0.15) is 12.6 Å². The SMILES string of the molecule is COc1ccc(CN2C(=O)OC[C@H]2C(=O)NCCc2ccccn2)cc1OC. The number of ether oxygens (including phenoxy) is 3. The molecule has 1 atom stereocenters. The van der Waals surface area contributed by atoms with E-state index >= 15 is 0 Å². The fourth-order valence-corrected chi connectivity index (χ4v) is 3.00. The van der Waals surface area contributed by atoms with Crippen molar-refractivity contribution in [3.63, 3.8) is 0 Å². The quantitative estimate of drug-likeness (QED) is 0.745. The van der Waals surface area contributed by atoms with Crippen molar-refractivity contribution in [2.24, 2.45) is 0 Å². The number of rotatable bonds is 8. The van der Waals surface area contributed by atoms with E-state index in [1.54, 1.807) is 32.5 Å². The number of carbonyl (C=O) groups is 2. The summed E-state index contributed by atoms with van der Waals surface area (Å²) >= 11 is 0. The lowest BCUT2D eigenvalue weighted by atomic mass is 10.1. The van der Waals surface area contributed by atoms with Crippen molar-refractivity contribution < 1.29 is 23.8 Å². The molecule has 1 N–H and O–H groups in total. The van der Waals surface area contributed by atoms with Crippen molar-refractivity contribution in [2.75, 3.05) is 27.4 Å². The van der Waals surface area contributed by atoms with E-state index < -0.39 is 12.1 Å². The average Bonchev–Trinajstić information content (AvgIpc) is 3.09. The van der Waals surface area contributed by atoms with Crippen LogP contribution in [0.5, 0.6) is 11.5 Å². The second-order valence-corrected chi connectivity index (χ2v) is 6.27. The molecule has 8 nitrogen and oxygen atoms in total. The zero-order valence-electron chi connectivity index (χ0n) is 15.9. The Morgan fingerprint density at radius 3 is 2.79 bits per heavy atom. The summed E-state index contributed by atoms with van der Waals surface area (Å²) in [6.45, 7) is 0.698. The third kappa shape index (κ3) is 4.51. The molecule has 1 fully saturated rings. The van der Waals surface area contributed by atoms with E-state index in [4.69, 9.17) is 14.2 Å². The largest absolute Gasteiger partial charge is 0.493 e. The molecule has 2 aromatic rings. The number of amides is 2. The number of nitrogens with zero attached hydrogens (tertiary/aromatic N) is 2. The van der Waals surface area contributed by atoms with Gasteiger partial charge in [-0.15, -0.1) is 0 Å². The highest BCUT2D eigenvalue weighted by Crippen LogP contribution is 2.29. The van der Waals surface area contributed by atoms with Crippen LogP contribution in [-0.2, 0) is 22.5 Å². The summed E-state index contributed by atoms with van der Waals surface area (Å²) < 4.78 is 15.6. The number of carbonyl (C=O) groups excluding carboxylic acids is 2. The Morgan fingerprint density at radius 2 is 2.07 bits per heavy atom. The van der Waals surface area contributed by atoms with Crippen molar-refractivity contribution in [1.29, 1.82) is 0 Å². The molecular weight excluding hydrogens is 362 g/mol. The number of aromatic nitrogens is 1. The normalized spacial score (nSPS) is 15.9. The Labute approximate surface area is 163 Å². The molecule has 1 saturated heterocycles. The molecule has 0 bridgehead atoms. The van der Waals surface area contributed by atoms with Gasteiger partial charge in [0.05, 0.1) is 20.8 Å². The van der Waals surface area contributed by atoms with Crippen molar-refractivity contribution in [2.45, 2.75) is 19.0 Å². The standard InChI is InChI=1S/C20H23N3O5/c1-26-17-7-6-14(11-18(17)27-2)12-23-16(13-28-20(23)25)19(24)22-10-8-15-5-3-4-9-21-15/h3-7,9,11,16H,8,10,12-13H2,1-2H3,(H,22,24)/t16-/m0/s1. The van der Waals surface area contributed by atoms with Crippen LogP contribution in [-0.4, -0.2) is 55.3 Å². The van der Waals surface area contributed by atoms with Gasteiger partial charge in [-0.2, -0.15) is 0 Å². The molecule has 28 heavy (non-hydrogen) atoms. The maximum atomic E-state index is 12.6. The Bertz CT molecular complexity index is 828. The maximum Gasteiger partial charge on any atom is 0.410 e. The lowest BCUT2D eigenvalue weighted by Crippen LogP contribution is -2.45. The van der Waals surface area contributed by atoms with Crippen molar-refractivity contribution in [1.82, 2.24) is 15.2 Å². The van der Waals surface area contributed by atoms with Crippen LogP contribution >= 0.6 is 0 Å². The molecule has 8 heteroatoms. The van der Waals surface area contributed by atoms with Crippen molar-refractivity contribution >= 4 is 12.0 Å². The topological polar surface area (TPSA) is 90.0 Å². The smallest absolute Gasteiger partial charge is 0.410 e. The van der Waals surface area contributed by atoms with Crippen LogP contribution in [0.2, 0.25) is 0 Å². The van der Waals surface area contributed by atoms with Crippen LogP contribution in [0.4, 0.5) is 4.79 Å². The molecule has 1 aliphatic rings. The Kier molecular flexibility index (Phi) is 6.31. The third-order valence-electron chi connectivity index (χ3n) is 4.49. The molecule has 1 aromatic carbocycles. The average molecular weight is 385 g/mol. The highest BCUT2D eigenvalue weighted by Gasteiger charge is 2.37. The first-order chi connectivity index (χ1) is 13.6. The van der Waals surface area contributed by atoms with E-state index in [1.807, 2.05) is 24.3 Å². The minimum absolute atomic E-state index is 0.0293. The Hall–Kier alpha value is -3.29. The summed E-state index contributed by atoms with van der Waals surface area (Å²) in [6, 6.07) is 10.3. The van der Waals surface area contributed by atoms with E-state index in [0.29, 0.717) is 24.5 Å². The van der Waals surface area contributed by atoms with Gasteiger partial charge in [-0.1, -0.05) is 12.1 Å². The van der Waals surface area contributed by atoms with Crippen LogP contribution < -0.4 is 14.8 Å². The molecule has 0 spiro atoms. The molecule has 0 unspecified atom stereocenters. The van der Waals surface area contributed by atoms with Crippen LogP contribution in [0.15, 0.2) is 42.6 Å². The zero-order chi connectivity index (χ0) is 19.9. The molecule has 1 aliphatic heterocycles. The van der Waals surface area contributed by atoms with Crippen molar-refractivity contribution in [3.05, 3.63) is 53.9 Å². The molecule has 2 amide bonds. The molecule has 0 radical (unpaired) electrons. The van der Waals surface area contributed by atoms with Gasteiger partial charge in [0.25, 0.3) is 0 Å². The van der Waals surface area contributed by atoms with Gasteiger partial charge < -0.3 is 19.5 Å². The van der Waals surface area contributed by atoms with Gasteiger partial charge in [0.15, 0.2) is 11.5 Å². The fraction of sp³-hybridized carbons (Fsp3) is 0.350. The van der Waals surface area contributed by atoms with Gasteiger partial charge in [0.2, 0.25) is 5.91 Å². The fourth-order valence-electron chi connectivity index (χ4n) is 3.00. The predicted octanol–water partition coefficient (Wildman–Crippen LogP) is 1.78. The highest BCUT2D eigenvalue weighted by molar-refractivity contribution is 5.87. The van der Waals surface area contributed by atoms with Gasteiger partial charge in [-0.3, -0.25) is 14.7 Å². The number of benzene rings is 1. The zero-order valence-corrected chi connectivity index (χ0v) is 15.9. The third-order valence-corrected chi connectivity index (χ3v) is 4.49. The van der Waals surface area contributed by atoms with Gasteiger partial charge in [0, 0.05) is 24.9 Å². The number of hydrogen-bond donors (Lipinski definition) is 1. The second kappa shape index (κ2) is 9.07. The summed E-state index contributed by atoms with van der Waals surface area (Å²) in [7, 11) is 3.10. The number of methoxy groups -OCH3 is 2. The van der Waals surface area contributed by atoms with Crippen LogP contribution in [0.25, 0.3) is 0 Å². The Morgan fingerprint density at radius 1 is 1.25 bits per heavy atom. The summed E-state index contributed by atoms with van der Waals surface area (Å²) in [4.78, 5) is 30.3. The molecule has 3 rings (SSSR count). The molecule has 0 aliphatic carbocycles. The first kappa shape index (κ1) is 19.5. The minimum Gasteiger partial charge on any atom is -0.493 e. The van der Waals surface area contributed by atoms with Crippen LogP contribution in [0, 0.1) is 0 Å². The first-order valence-corrected chi connectivity index (χ1v) is 8.94. The lowest BCUT2D eigenvalue weighted by molar-refractivity contribution is -0.124. The number of pyridine rings is 1. The van der Waals surface area contributed by atoms with E-state index in [-0.39, 0.29) is 19.1 Å². The van der Waals surface area contributed by atoms with E-state index in [9.17, 15) is 9.59 Å². The van der Waals surface area contributed by atoms with Gasteiger partial charge >= 0.3 is 6.09 Å². The summed E-state index contributed by atoms with van der Waals surface area (Å²) in [5.41, 5.74) is 1.70. The lowest BCUT2D eigenvalue weighted by Gasteiger charge is -2.21. The minimum atomic E-state index is -0.677. The van der Waals surface area contributed by atoms with E-state index in [1.165, 1.54) is 4.90 Å². The summed E-state index contributed by atoms with van der Waals surface area (Å²) in [5, 5.41) is 2.85. The Balaban J connectivity index is 1.61. The maximum absolute atomic E-state index is 12.6. The van der Waals surface area contributed by atoms with E-state index in [2.05, 4.69) is 10.3 Å². The number of hydrogen-bond acceptors (Lipinski definition) is 6. The molecule has 1 aromatic heterocycles. The predicted molar refractivity (Wildman–Crippen MR) is 101 cm³/mol. The highest BCUT2D eigenvalue weighted by atomic mass is 16.6. The van der Waals surface area contributed by atoms with Crippen LogP contribution in [0.3, 0.4) is 0 Å². The summed E-state index contributed by atoms with van der Waals surface area (Å²) in [6.07, 6.45) is 1.81.